The third kappa shape index (κ3) is 2.56. The van der Waals surface area contributed by atoms with Crippen LogP contribution in [0.4, 0.5) is 5.82 Å². The van der Waals surface area contributed by atoms with Crippen molar-refractivity contribution in [2.45, 2.75) is 13.0 Å². The molecule has 4 nitrogen and oxygen atoms in total. The average Bonchev–Trinajstić information content (AvgIpc) is 2.50. The monoisotopic (exact) mass is 224 g/mol. The van der Waals surface area contributed by atoms with Gasteiger partial charge in [-0.25, -0.2) is 13.4 Å². The molecule has 1 aromatic rings. The molecule has 0 spiro atoms. The number of hydrogen-bond donors (Lipinski definition) is 1. The van der Waals surface area contributed by atoms with Gasteiger partial charge in [-0.1, -0.05) is 6.07 Å². The SMILES string of the molecule is Cc1ccc(NC2C=CS(=O)(=O)C2)nc1. The van der Waals surface area contributed by atoms with Gasteiger partial charge in [-0.05, 0) is 24.6 Å². The van der Waals surface area contributed by atoms with Crippen molar-refractivity contribution in [1.82, 2.24) is 4.98 Å². The van der Waals surface area contributed by atoms with Gasteiger partial charge < -0.3 is 5.32 Å². The highest BCUT2D eigenvalue weighted by Crippen LogP contribution is 2.13. The fourth-order valence-electron chi connectivity index (χ4n) is 1.41. The van der Waals surface area contributed by atoms with Crippen LogP contribution in [0, 0.1) is 6.92 Å². The highest BCUT2D eigenvalue weighted by atomic mass is 32.2. The molecule has 0 aromatic carbocycles. The largest absolute Gasteiger partial charge is 0.363 e. The van der Waals surface area contributed by atoms with Gasteiger partial charge in [-0.2, -0.15) is 0 Å². The number of sulfone groups is 1. The van der Waals surface area contributed by atoms with Crippen molar-refractivity contribution in [1.29, 1.82) is 0 Å². The molecule has 0 aliphatic carbocycles. The van der Waals surface area contributed by atoms with E-state index >= 15 is 0 Å². The summed E-state index contributed by atoms with van der Waals surface area (Å²) >= 11 is 0. The molecule has 1 N–H and O–H groups in total. The Kier molecular flexibility index (Phi) is 2.48. The Morgan fingerprint density at radius 3 is 2.80 bits per heavy atom. The van der Waals surface area contributed by atoms with Crippen LogP contribution in [-0.4, -0.2) is 25.2 Å². The predicted molar refractivity (Wildman–Crippen MR) is 59.3 cm³/mol. The second-order valence-corrected chi connectivity index (χ2v) is 5.56. The number of nitrogens with one attached hydrogen (secondary N) is 1. The predicted octanol–water partition coefficient (Wildman–Crippen LogP) is 1.11. The summed E-state index contributed by atoms with van der Waals surface area (Å²) in [7, 11) is -2.99. The van der Waals surface area contributed by atoms with E-state index in [1.54, 1.807) is 12.3 Å². The molecule has 0 radical (unpaired) electrons. The third-order valence-corrected chi connectivity index (χ3v) is 3.57. The van der Waals surface area contributed by atoms with Crippen LogP contribution < -0.4 is 5.32 Å². The minimum atomic E-state index is -2.99. The molecule has 0 bridgehead atoms. The van der Waals surface area contributed by atoms with Gasteiger partial charge in [0.2, 0.25) is 0 Å². The Hall–Kier alpha value is -1.36. The molecular formula is C10H12N2O2S. The molecule has 5 heteroatoms. The Morgan fingerprint density at radius 2 is 2.27 bits per heavy atom. The van der Waals surface area contributed by atoms with Crippen LogP contribution >= 0.6 is 0 Å². The summed E-state index contributed by atoms with van der Waals surface area (Å²) in [6.07, 6.45) is 3.40. The number of aryl methyl sites for hydroxylation is 1. The molecule has 2 rings (SSSR count). The molecule has 15 heavy (non-hydrogen) atoms. The van der Waals surface area contributed by atoms with E-state index in [1.165, 1.54) is 5.41 Å². The molecule has 1 unspecified atom stereocenters. The van der Waals surface area contributed by atoms with Crippen LogP contribution in [0.15, 0.2) is 29.8 Å². The number of hydrogen-bond acceptors (Lipinski definition) is 4. The number of pyridine rings is 1. The first-order valence-electron chi connectivity index (χ1n) is 4.65. The molecule has 1 aliphatic rings. The number of rotatable bonds is 2. The molecule has 0 amide bonds. The third-order valence-electron chi connectivity index (χ3n) is 2.17. The zero-order valence-electron chi connectivity index (χ0n) is 8.34. The van der Waals surface area contributed by atoms with E-state index in [9.17, 15) is 8.42 Å². The highest BCUT2D eigenvalue weighted by Gasteiger charge is 2.21. The van der Waals surface area contributed by atoms with Gasteiger partial charge in [-0.15, -0.1) is 0 Å². The zero-order valence-corrected chi connectivity index (χ0v) is 9.16. The lowest BCUT2D eigenvalue weighted by Gasteiger charge is -2.10. The van der Waals surface area contributed by atoms with Crippen LogP contribution in [0.1, 0.15) is 5.56 Å². The summed E-state index contributed by atoms with van der Waals surface area (Å²) < 4.78 is 22.3. The Labute approximate surface area is 89.0 Å². The molecule has 0 saturated carbocycles. The van der Waals surface area contributed by atoms with Gasteiger partial charge in [0.05, 0.1) is 11.8 Å². The molecule has 0 saturated heterocycles. The summed E-state index contributed by atoms with van der Waals surface area (Å²) in [5, 5.41) is 4.30. The first-order chi connectivity index (χ1) is 7.05. The van der Waals surface area contributed by atoms with Gasteiger partial charge in [0.1, 0.15) is 5.82 Å². The lowest BCUT2D eigenvalue weighted by Crippen LogP contribution is -2.21. The van der Waals surface area contributed by atoms with Crippen LogP contribution in [0.2, 0.25) is 0 Å². The van der Waals surface area contributed by atoms with Crippen LogP contribution in [0.25, 0.3) is 0 Å². The maximum atomic E-state index is 11.1. The molecule has 80 valence electrons. The lowest BCUT2D eigenvalue weighted by molar-refractivity contribution is 0.605. The van der Waals surface area contributed by atoms with E-state index < -0.39 is 9.84 Å². The summed E-state index contributed by atoms with van der Waals surface area (Å²) in [6, 6.07) is 3.61. The number of aromatic nitrogens is 1. The van der Waals surface area contributed by atoms with E-state index in [0.29, 0.717) is 5.82 Å². The minimum Gasteiger partial charge on any atom is -0.363 e. The normalized spacial score (nSPS) is 22.9. The van der Waals surface area contributed by atoms with Crippen LogP contribution in [0.5, 0.6) is 0 Å². The van der Waals surface area contributed by atoms with Crippen molar-refractivity contribution in [2.75, 3.05) is 11.1 Å². The van der Waals surface area contributed by atoms with E-state index in [2.05, 4.69) is 10.3 Å². The number of anilines is 1. The second kappa shape index (κ2) is 3.66. The molecule has 1 aliphatic heterocycles. The molecular weight excluding hydrogens is 212 g/mol. The summed E-state index contributed by atoms with van der Waals surface area (Å²) in [5.41, 5.74) is 1.08. The molecule has 1 aromatic heterocycles. The van der Waals surface area contributed by atoms with Crippen LogP contribution in [0.3, 0.4) is 0 Å². The van der Waals surface area contributed by atoms with Crippen molar-refractivity contribution in [2.24, 2.45) is 0 Å². The smallest absolute Gasteiger partial charge is 0.173 e. The minimum absolute atomic E-state index is 0.114. The van der Waals surface area contributed by atoms with E-state index in [0.717, 1.165) is 5.56 Å². The fraction of sp³-hybridized carbons (Fsp3) is 0.300. The first kappa shape index (κ1) is 10.2. The Morgan fingerprint density at radius 1 is 1.47 bits per heavy atom. The van der Waals surface area contributed by atoms with Crippen molar-refractivity contribution in [3.05, 3.63) is 35.4 Å². The van der Waals surface area contributed by atoms with Crippen molar-refractivity contribution in [3.8, 4) is 0 Å². The lowest BCUT2D eigenvalue weighted by atomic mass is 10.3. The molecule has 2 heterocycles. The van der Waals surface area contributed by atoms with E-state index in [1.807, 2.05) is 19.1 Å². The molecule has 0 fully saturated rings. The maximum absolute atomic E-state index is 11.1. The Balaban J connectivity index is 2.05. The highest BCUT2D eigenvalue weighted by molar-refractivity contribution is 7.94. The zero-order chi connectivity index (χ0) is 10.9. The van der Waals surface area contributed by atoms with E-state index in [4.69, 9.17) is 0 Å². The first-order valence-corrected chi connectivity index (χ1v) is 6.37. The van der Waals surface area contributed by atoms with Gasteiger partial charge in [-0.3, -0.25) is 0 Å². The quantitative estimate of drug-likeness (QED) is 0.817. The number of nitrogens with zero attached hydrogens (tertiary/aromatic N) is 1. The fourth-order valence-corrected chi connectivity index (χ4v) is 2.64. The average molecular weight is 224 g/mol. The Bertz CT molecular complexity index is 477. The van der Waals surface area contributed by atoms with Crippen molar-refractivity contribution >= 4 is 15.7 Å². The van der Waals surface area contributed by atoms with Crippen molar-refractivity contribution < 1.29 is 8.42 Å². The van der Waals surface area contributed by atoms with Crippen LogP contribution in [-0.2, 0) is 9.84 Å². The van der Waals surface area contributed by atoms with Gasteiger partial charge in [0, 0.05) is 11.6 Å². The van der Waals surface area contributed by atoms with Gasteiger partial charge in [0.15, 0.2) is 9.84 Å². The topological polar surface area (TPSA) is 59.1 Å². The maximum Gasteiger partial charge on any atom is 0.173 e. The van der Waals surface area contributed by atoms with Gasteiger partial charge >= 0.3 is 0 Å². The second-order valence-electron chi connectivity index (χ2n) is 3.63. The summed E-state index contributed by atoms with van der Waals surface area (Å²) in [4.78, 5) is 4.15. The summed E-state index contributed by atoms with van der Waals surface area (Å²) in [6.45, 7) is 1.96. The standard InChI is InChI=1S/C10H12N2O2S/c1-8-2-3-10(11-6-8)12-9-4-5-15(13,14)7-9/h2-6,9H,7H2,1H3,(H,11,12). The molecule has 1 atom stereocenters. The van der Waals surface area contributed by atoms with E-state index in [-0.39, 0.29) is 11.8 Å². The summed E-state index contributed by atoms with van der Waals surface area (Å²) in [5.74, 6) is 0.815. The van der Waals surface area contributed by atoms with Crippen molar-refractivity contribution in [3.63, 3.8) is 0 Å². The van der Waals surface area contributed by atoms with Gasteiger partial charge in [0.25, 0.3) is 0 Å².